The van der Waals surface area contributed by atoms with Gasteiger partial charge in [-0.05, 0) is 75.9 Å². The number of esters is 1. The molecule has 5 aromatic rings. The number of anilines is 2. The Hall–Kier alpha value is -3.64. The summed E-state index contributed by atoms with van der Waals surface area (Å²) < 4.78 is 61.3. The number of nitrogens with zero attached hydrogens (tertiary/aromatic N) is 6. The van der Waals surface area contributed by atoms with Crippen molar-refractivity contribution >= 4 is 79.6 Å². The maximum absolute atomic E-state index is 13.6. The molecule has 1 aliphatic rings. The largest absolute Gasteiger partial charge is 0.493 e. The van der Waals surface area contributed by atoms with Gasteiger partial charge in [0, 0.05) is 41.7 Å². The molecule has 1 aliphatic heterocycles. The van der Waals surface area contributed by atoms with Crippen molar-refractivity contribution in [3.8, 4) is 5.75 Å². The second-order valence-electron chi connectivity index (χ2n) is 14.0. The summed E-state index contributed by atoms with van der Waals surface area (Å²) >= 11 is 6.01. The lowest BCUT2D eigenvalue weighted by Crippen LogP contribution is -2.27. The first-order chi connectivity index (χ1) is 25.7. The van der Waals surface area contributed by atoms with Crippen molar-refractivity contribution in [1.29, 1.82) is 0 Å². The fourth-order valence-corrected chi connectivity index (χ4v) is 9.22. The smallest absolute Gasteiger partial charge is 0.420 e. The zero-order chi connectivity index (χ0) is 38.6. The molecule has 2 aromatic carbocycles. The van der Waals surface area contributed by atoms with Crippen LogP contribution < -0.4 is 14.4 Å². The van der Waals surface area contributed by atoms with Crippen LogP contribution in [0.15, 0.2) is 51.9 Å². The van der Waals surface area contributed by atoms with Crippen LogP contribution in [-0.2, 0) is 35.2 Å². The van der Waals surface area contributed by atoms with Crippen LogP contribution in [0.25, 0.3) is 10.2 Å². The third-order valence-electron chi connectivity index (χ3n) is 8.81. The lowest BCUT2D eigenvalue weighted by Gasteiger charge is -2.28. The monoisotopic (exact) mass is 862 g/mol. The molecule has 0 unspecified atom stereocenters. The summed E-state index contributed by atoms with van der Waals surface area (Å²) in [6, 6.07) is 13.0. The van der Waals surface area contributed by atoms with Gasteiger partial charge in [-0.3, -0.25) is 4.57 Å². The maximum Gasteiger partial charge on any atom is 0.420 e. The van der Waals surface area contributed by atoms with Crippen molar-refractivity contribution in [2.45, 2.75) is 78.1 Å². The molecular formula is C37H42BrF3N6O4S2Si. The number of ether oxygens (including phenoxy) is 3. The van der Waals surface area contributed by atoms with Crippen LogP contribution in [0, 0.1) is 6.92 Å². The van der Waals surface area contributed by atoms with E-state index in [0.29, 0.717) is 58.8 Å². The second-order valence-corrected chi connectivity index (χ2v) is 22.6. The van der Waals surface area contributed by atoms with E-state index in [1.54, 1.807) is 18.3 Å². The molecule has 0 N–H and O–H groups in total. The zero-order valence-corrected chi connectivity index (χ0v) is 35.0. The molecule has 17 heteroatoms. The van der Waals surface area contributed by atoms with E-state index in [0.717, 1.165) is 51.1 Å². The van der Waals surface area contributed by atoms with Crippen molar-refractivity contribution in [3.05, 3.63) is 79.0 Å². The first-order valence-electron chi connectivity index (χ1n) is 17.7. The van der Waals surface area contributed by atoms with Crippen LogP contribution in [0.1, 0.15) is 51.8 Å². The Bertz CT molecular complexity index is 2200. The van der Waals surface area contributed by atoms with Gasteiger partial charge >= 0.3 is 12.1 Å². The lowest BCUT2D eigenvalue weighted by atomic mass is 10.0. The molecule has 54 heavy (non-hydrogen) atoms. The van der Waals surface area contributed by atoms with Gasteiger partial charge in [0.25, 0.3) is 0 Å². The minimum atomic E-state index is -4.56. The van der Waals surface area contributed by atoms with E-state index in [1.807, 2.05) is 24.0 Å². The van der Waals surface area contributed by atoms with Crippen molar-refractivity contribution < 1.29 is 32.2 Å². The van der Waals surface area contributed by atoms with Gasteiger partial charge in [0.05, 0.1) is 29.0 Å². The summed E-state index contributed by atoms with van der Waals surface area (Å²) in [6.45, 7) is 12.6. The SMILES string of the molecule is CCOC(=O)c1nc(N2CCCc3c2nnc(N=c2sc4ccccc4n2COCC[Si](C)(C)C)c3C)sc1CCCOc1ccc(Br)cc1C(F)(F)F. The highest BCUT2D eigenvalue weighted by atomic mass is 79.9. The van der Waals surface area contributed by atoms with Gasteiger partial charge in [0.15, 0.2) is 27.3 Å². The second kappa shape index (κ2) is 17.0. The Balaban J connectivity index is 1.25. The number of para-hydroxylation sites is 1. The van der Waals surface area contributed by atoms with Crippen molar-refractivity contribution in [1.82, 2.24) is 19.7 Å². The molecule has 0 amide bonds. The predicted octanol–water partition coefficient (Wildman–Crippen LogP) is 9.86. The molecule has 0 saturated heterocycles. The number of thiazole rings is 2. The maximum atomic E-state index is 13.6. The molecule has 0 radical (unpaired) electrons. The number of carbonyl (C=O) groups excluding carboxylic acids is 1. The van der Waals surface area contributed by atoms with E-state index in [1.165, 1.54) is 23.5 Å². The van der Waals surface area contributed by atoms with E-state index in [9.17, 15) is 18.0 Å². The summed E-state index contributed by atoms with van der Waals surface area (Å²) in [7, 11) is -1.24. The van der Waals surface area contributed by atoms with Gasteiger partial charge < -0.3 is 19.1 Å². The Morgan fingerprint density at radius 3 is 2.65 bits per heavy atom. The standard InChI is InChI=1S/C37H42BrF3N6O4S2Si/c1-6-50-34(48)31-30(14-10-18-51-28-16-15-24(38)21-26(28)37(39,40)41)53-35(42-31)46-17-9-11-25-23(2)32(44-45-33(25)46)43-36-47(22-49-19-20-54(3,4)5)27-12-7-8-13-29(27)52-36/h7-8,12-13,15-16,21H,6,9-11,14,17-20,22H2,1-5H3. The molecule has 0 fully saturated rings. The number of alkyl halides is 3. The first-order valence-corrected chi connectivity index (χ1v) is 23.9. The number of fused-ring (bicyclic) bond motifs is 2. The number of rotatable bonds is 14. The average Bonchev–Trinajstić information content (AvgIpc) is 3.70. The van der Waals surface area contributed by atoms with Crippen molar-refractivity contribution in [2.75, 3.05) is 31.3 Å². The normalized spacial score (nSPS) is 13.8. The predicted molar refractivity (Wildman–Crippen MR) is 212 cm³/mol. The summed E-state index contributed by atoms with van der Waals surface area (Å²) in [4.78, 5) is 26.2. The molecule has 0 aliphatic carbocycles. The molecule has 10 nitrogen and oxygen atoms in total. The topological polar surface area (TPSA) is 104 Å². The highest BCUT2D eigenvalue weighted by Crippen LogP contribution is 2.40. The summed E-state index contributed by atoms with van der Waals surface area (Å²) in [5, 5.41) is 9.84. The third kappa shape index (κ3) is 9.41. The van der Waals surface area contributed by atoms with E-state index in [-0.39, 0.29) is 24.7 Å². The molecule has 6 rings (SSSR count). The van der Waals surface area contributed by atoms with E-state index in [2.05, 4.69) is 62.5 Å². The highest BCUT2D eigenvalue weighted by Gasteiger charge is 2.35. The van der Waals surface area contributed by atoms with Gasteiger partial charge in [0.1, 0.15) is 12.5 Å². The number of hydrogen-bond acceptors (Lipinski definition) is 11. The molecule has 4 heterocycles. The minimum absolute atomic E-state index is 0.00804. The Kier molecular flexibility index (Phi) is 12.6. The van der Waals surface area contributed by atoms with Crippen LogP contribution >= 0.6 is 38.6 Å². The van der Waals surface area contributed by atoms with Gasteiger partial charge in [0.2, 0.25) is 0 Å². The minimum Gasteiger partial charge on any atom is -0.493 e. The molecule has 0 saturated carbocycles. The van der Waals surface area contributed by atoms with E-state index >= 15 is 0 Å². The van der Waals surface area contributed by atoms with E-state index < -0.39 is 25.8 Å². The Labute approximate surface area is 329 Å². The number of aromatic nitrogens is 4. The van der Waals surface area contributed by atoms with Gasteiger partial charge in [-0.2, -0.15) is 18.2 Å². The van der Waals surface area contributed by atoms with Gasteiger partial charge in [-0.15, -0.1) is 21.5 Å². The quantitative estimate of drug-likeness (QED) is 0.0618. The average molecular weight is 864 g/mol. The number of hydrogen-bond donors (Lipinski definition) is 0. The summed E-state index contributed by atoms with van der Waals surface area (Å²) in [6.07, 6.45) is -2.27. The molecule has 288 valence electrons. The number of carbonyl (C=O) groups is 1. The third-order valence-corrected chi connectivity index (χ3v) is 13.2. The van der Waals surface area contributed by atoms with Crippen LogP contribution in [0.4, 0.5) is 29.9 Å². The number of halogens is 4. The zero-order valence-electron chi connectivity index (χ0n) is 30.8. The molecule has 3 aromatic heterocycles. The van der Waals surface area contributed by atoms with E-state index in [4.69, 9.17) is 24.2 Å². The van der Waals surface area contributed by atoms with Crippen LogP contribution in [0.5, 0.6) is 5.75 Å². The fraction of sp³-hybridized carbons (Fsp3) is 0.432. The van der Waals surface area contributed by atoms with Crippen LogP contribution in [-0.4, -0.2) is 60.2 Å². The lowest BCUT2D eigenvalue weighted by molar-refractivity contribution is -0.139. The van der Waals surface area contributed by atoms with Crippen molar-refractivity contribution in [2.24, 2.45) is 4.99 Å². The fourth-order valence-electron chi connectivity index (χ4n) is 5.96. The number of benzene rings is 2. The highest BCUT2D eigenvalue weighted by molar-refractivity contribution is 9.10. The summed E-state index contributed by atoms with van der Waals surface area (Å²) in [5.41, 5.74) is 2.30. The molecule has 0 atom stereocenters. The Morgan fingerprint density at radius 2 is 1.89 bits per heavy atom. The van der Waals surface area contributed by atoms with Gasteiger partial charge in [-0.25, -0.2) is 9.78 Å². The number of aryl methyl sites for hydroxylation is 1. The molecule has 0 spiro atoms. The van der Waals surface area contributed by atoms with Crippen LogP contribution in [0.3, 0.4) is 0 Å². The van der Waals surface area contributed by atoms with Crippen molar-refractivity contribution in [3.63, 3.8) is 0 Å². The summed E-state index contributed by atoms with van der Waals surface area (Å²) in [5.74, 6) is 0.382. The first kappa shape index (κ1) is 40.0. The van der Waals surface area contributed by atoms with Gasteiger partial charge in [-0.1, -0.05) is 59.0 Å². The Morgan fingerprint density at radius 1 is 1.09 bits per heavy atom. The molecule has 0 bridgehead atoms. The molecular weight excluding hydrogens is 822 g/mol. The van der Waals surface area contributed by atoms with Crippen LogP contribution in [0.2, 0.25) is 25.7 Å².